The van der Waals surface area contributed by atoms with Crippen molar-refractivity contribution in [2.45, 2.75) is 25.6 Å². The van der Waals surface area contributed by atoms with Gasteiger partial charge in [-0.3, -0.25) is 0 Å². The molecule has 0 saturated carbocycles. The lowest BCUT2D eigenvalue weighted by Gasteiger charge is -2.28. The van der Waals surface area contributed by atoms with Gasteiger partial charge < -0.3 is 23.8 Å². The molecule has 128 valence electrons. The topological polar surface area (TPSA) is 53.0 Å². The van der Waals surface area contributed by atoms with Crippen LogP contribution >= 0.6 is 22.6 Å². The Morgan fingerprint density at radius 1 is 1.17 bits per heavy atom. The minimum Gasteiger partial charge on any atom is -0.475 e. The van der Waals surface area contributed by atoms with E-state index in [4.69, 9.17) is 18.9 Å². The first-order valence-corrected chi connectivity index (χ1v) is 9.25. The zero-order valence-electron chi connectivity index (χ0n) is 13.2. The second-order valence-corrected chi connectivity index (χ2v) is 6.84. The molecule has 2 aliphatic rings. The van der Waals surface area contributed by atoms with Gasteiger partial charge in [-0.25, -0.2) is 0 Å². The quantitative estimate of drug-likeness (QED) is 0.507. The fourth-order valence-corrected chi connectivity index (χ4v) is 3.20. The van der Waals surface area contributed by atoms with Gasteiger partial charge in [0.05, 0.1) is 19.8 Å². The summed E-state index contributed by atoms with van der Waals surface area (Å²) in [7, 11) is 0. The summed E-state index contributed by atoms with van der Waals surface area (Å²) in [5.74, 6) is 1.60. The maximum Gasteiger partial charge on any atom is 0.216 e. The van der Waals surface area contributed by atoms with Crippen molar-refractivity contribution in [1.82, 2.24) is 4.98 Å². The van der Waals surface area contributed by atoms with Crippen LogP contribution < -0.4 is 9.64 Å². The Kier molecular flexibility index (Phi) is 6.73. The number of hydrogen-bond donors (Lipinski definition) is 0. The average Bonchev–Trinajstić information content (AvgIpc) is 2.60. The number of nitrogens with zero attached hydrogens (tertiary/aromatic N) is 2. The number of ether oxygens (including phenoxy) is 4. The molecule has 0 bridgehead atoms. The first-order valence-electron chi connectivity index (χ1n) is 8.17. The number of rotatable bonds is 6. The van der Waals surface area contributed by atoms with Gasteiger partial charge in [0, 0.05) is 29.3 Å². The largest absolute Gasteiger partial charge is 0.475 e. The lowest BCUT2D eigenvalue weighted by atomic mass is 10.2. The second kappa shape index (κ2) is 9.00. The zero-order valence-corrected chi connectivity index (χ0v) is 15.4. The molecular formula is C16H23IN2O4. The van der Waals surface area contributed by atoms with Crippen molar-refractivity contribution in [3.8, 4) is 5.88 Å². The highest BCUT2D eigenvalue weighted by Crippen LogP contribution is 2.22. The number of pyridine rings is 1. The minimum atomic E-state index is -0.0693. The van der Waals surface area contributed by atoms with Crippen LogP contribution in [0.4, 0.5) is 5.82 Å². The Morgan fingerprint density at radius 3 is 2.83 bits per heavy atom. The fraction of sp³-hybridized carbons (Fsp3) is 0.688. The normalized spacial score (nSPS) is 22.1. The van der Waals surface area contributed by atoms with E-state index in [1.54, 1.807) is 0 Å². The van der Waals surface area contributed by atoms with Crippen molar-refractivity contribution >= 4 is 28.4 Å². The smallest absolute Gasteiger partial charge is 0.216 e. The van der Waals surface area contributed by atoms with Crippen molar-refractivity contribution in [1.29, 1.82) is 0 Å². The van der Waals surface area contributed by atoms with Gasteiger partial charge in [-0.15, -0.1) is 0 Å². The third kappa shape index (κ3) is 5.44. The van der Waals surface area contributed by atoms with Crippen molar-refractivity contribution in [2.24, 2.45) is 0 Å². The Labute approximate surface area is 150 Å². The molecule has 0 aromatic carbocycles. The molecular weight excluding hydrogens is 411 g/mol. The number of hydrogen-bond acceptors (Lipinski definition) is 6. The van der Waals surface area contributed by atoms with Gasteiger partial charge in [-0.1, -0.05) is 0 Å². The summed E-state index contributed by atoms with van der Waals surface area (Å²) in [6.45, 7) is 5.04. The summed E-state index contributed by atoms with van der Waals surface area (Å²) < 4.78 is 23.5. The van der Waals surface area contributed by atoms with Gasteiger partial charge in [0.2, 0.25) is 5.88 Å². The molecule has 2 aliphatic heterocycles. The molecule has 7 heteroatoms. The van der Waals surface area contributed by atoms with E-state index < -0.39 is 0 Å². The average molecular weight is 434 g/mol. The van der Waals surface area contributed by atoms with Crippen LogP contribution in [-0.2, 0) is 14.2 Å². The first-order chi connectivity index (χ1) is 11.3. The molecule has 1 aromatic heterocycles. The van der Waals surface area contributed by atoms with Crippen LogP contribution in [0, 0.1) is 3.57 Å². The van der Waals surface area contributed by atoms with Crippen LogP contribution in [0.3, 0.4) is 0 Å². The molecule has 0 aliphatic carbocycles. The fourth-order valence-electron chi connectivity index (χ4n) is 2.66. The zero-order chi connectivity index (χ0) is 15.9. The molecule has 2 fully saturated rings. The maximum absolute atomic E-state index is 5.75. The van der Waals surface area contributed by atoms with Gasteiger partial charge in [-0.05, 0) is 47.9 Å². The molecule has 3 rings (SSSR count). The van der Waals surface area contributed by atoms with Gasteiger partial charge in [0.1, 0.15) is 12.4 Å². The van der Waals surface area contributed by atoms with Gasteiger partial charge in [0.15, 0.2) is 6.29 Å². The van der Waals surface area contributed by atoms with Gasteiger partial charge >= 0.3 is 0 Å². The Bertz CT molecular complexity index is 491. The highest BCUT2D eigenvalue weighted by atomic mass is 127. The molecule has 1 unspecified atom stereocenters. The molecule has 2 saturated heterocycles. The third-order valence-corrected chi connectivity index (χ3v) is 4.49. The molecule has 23 heavy (non-hydrogen) atoms. The summed E-state index contributed by atoms with van der Waals surface area (Å²) in [5.41, 5.74) is 0. The summed E-state index contributed by atoms with van der Waals surface area (Å²) in [4.78, 5) is 6.83. The third-order valence-electron chi connectivity index (χ3n) is 3.86. The highest BCUT2D eigenvalue weighted by molar-refractivity contribution is 14.1. The van der Waals surface area contributed by atoms with Crippen LogP contribution in [0.15, 0.2) is 12.1 Å². The molecule has 0 N–H and O–H groups in total. The molecule has 0 radical (unpaired) electrons. The lowest BCUT2D eigenvalue weighted by molar-refractivity contribution is -0.165. The van der Waals surface area contributed by atoms with Crippen LogP contribution in [0.2, 0.25) is 0 Å². The highest BCUT2D eigenvalue weighted by Gasteiger charge is 2.15. The summed E-state index contributed by atoms with van der Waals surface area (Å²) in [6.07, 6.45) is 3.21. The van der Waals surface area contributed by atoms with Crippen LogP contribution in [0.5, 0.6) is 5.88 Å². The van der Waals surface area contributed by atoms with Crippen LogP contribution in [-0.4, -0.2) is 57.4 Å². The number of halogens is 1. The van der Waals surface area contributed by atoms with E-state index in [0.29, 0.717) is 19.1 Å². The Hall–Kier alpha value is -0.640. The molecule has 6 nitrogen and oxygen atoms in total. The van der Waals surface area contributed by atoms with Crippen molar-refractivity contribution in [3.05, 3.63) is 15.7 Å². The van der Waals surface area contributed by atoms with E-state index in [9.17, 15) is 0 Å². The number of aromatic nitrogens is 1. The van der Waals surface area contributed by atoms with Crippen LogP contribution in [0.25, 0.3) is 0 Å². The predicted molar refractivity (Wildman–Crippen MR) is 95.0 cm³/mol. The monoisotopic (exact) mass is 434 g/mol. The van der Waals surface area contributed by atoms with E-state index in [0.717, 1.165) is 55.1 Å². The lowest BCUT2D eigenvalue weighted by Crippen LogP contribution is -2.36. The van der Waals surface area contributed by atoms with Crippen molar-refractivity contribution in [2.75, 3.05) is 51.0 Å². The standard InChI is InChI=1S/C16H23IN2O4/c17-13-11-14(19-4-7-20-8-5-19)18-15(12-13)21-9-10-23-16-3-1-2-6-22-16/h11-12,16H,1-10H2. The van der Waals surface area contributed by atoms with E-state index in [1.165, 1.54) is 6.42 Å². The molecule has 1 atom stereocenters. The van der Waals surface area contributed by atoms with Crippen molar-refractivity contribution in [3.63, 3.8) is 0 Å². The second-order valence-electron chi connectivity index (χ2n) is 5.60. The minimum absolute atomic E-state index is 0.0693. The molecule has 3 heterocycles. The Balaban J connectivity index is 1.48. The first kappa shape index (κ1) is 17.2. The summed E-state index contributed by atoms with van der Waals surface area (Å²) in [6, 6.07) is 4.02. The van der Waals surface area contributed by atoms with Crippen LogP contribution in [0.1, 0.15) is 19.3 Å². The molecule has 0 spiro atoms. The predicted octanol–water partition coefficient (Wildman–Crippen LogP) is 2.44. The SMILES string of the molecule is Ic1cc(OCCOC2CCCCO2)nc(N2CCOCC2)c1. The summed E-state index contributed by atoms with van der Waals surface area (Å²) >= 11 is 2.29. The van der Waals surface area contributed by atoms with E-state index >= 15 is 0 Å². The van der Waals surface area contributed by atoms with E-state index in [-0.39, 0.29) is 6.29 Å². The van der Waals surface area contributed by atoms with Gasteiger partial charge in [-0.2, -0.15) is 4.98 Å². The number of anilines is 1. The molecule has 0 amide bonds. The number of morpholine rings is 1. The Morgan fingerprint density at radius 2 is 2.04 bits per heavy atom. The van der Waals surface area contributed by atoms with Gasteiger partial charge in [0.25, 0.3) is 0 Å². The maximum atomic E-state index is 5.75. The summed E-state index contributed by atoms with van der Waals surface area (Å²) in [5, 5.41) is 0. The van der Waals surface area contributed by atoms with E-state index in [1.807, 2.05) is 6.07 Å². The molecule has 1 aromatic rings. The van der Waals surface area contributed by atoms with Crippen molar-refractivity contribution < 1.29 is 18.9 Å². The van der Waals surface area contributed by atoms with E-state index in [2.05, 4.69) is 38.5 Å².